The Kier molecular flexibility index (Phi) is 4.05. The molecule has 2 rings (SSSR count). The van der Waals surface area contributed by atoms with Gasteiger partial charge in [-0.1, -0.05) is 6.07 Å². The summed E-state index contributed by atoms with van der Waals surface area (Å²) >= 11 is 0. The zero-order chi connectivity index (χ0) is 14.5. The van der Waals surface area contributed by atoms with Crippen LogP contribution in [0.3, 0.4) is 0 Å². The third-order valence-corrected chi connectivity index (χ3v) is 2.49. The van der Waals surface area contributed by atoms with Gasteiger partial charge in [-0.2, -0.15) is 4.98 Å². The molecule has 104 valence electrons. The van der Waals surface area contributed by atoms with E-state index in [9.17, 15) is 4.79 Å². The third kappa shape index (κ3) is 3.17. The fourth-order valence-corrected chi connectivity index (χ4v) is 1.58. The number of aromatic nitrogens is 1. The molecule has 6 nitrogen and oxygen atoms in total. The van der Waals surface area contributed by atoms with Crippen LogP contribution in [0.4, 0.5) is 5.69 Å². The number of nitrogen functional groups attached to an aromatic ring is 1. The number of rotatable bonds is 5. The number of carbonyl (C=O) groups excluding carboxylic acids is 1. The second-order valence-electron chi connectivity index (χ2n) is 3.97. The average Bonchev–Trinajstić information content (AvgIpc) is 2.43. The summed E-state index contributed by atoms with van der Waals surface area (Å²) in [5.74, 6) is 0.581. The number of benzene rings is 1. The molecule has 0 fully saturated rings. The number of hydrogen-bond acceptors (Lipinski definition) is 5. The van der Waals surface area contributed by atoms with E-state index in [0.717, 1.165) is 0 Å². The van der Waals surface area contributed by atoms with Crippen LogP contribution in [0.2, 0.25) is 0 Å². The smallest absolute Gasteiger partial charge is 0.248 e. The lowest BCUT2D eigenvalue weighted by atomic mass is 10.2. The first kappa shape index (κ1) is 13.7. The molecule has 0 aliphatic rings. The molecule has 4 N–H and O–H groups in total. The fraction of sp³-hybridized carbons (Fsp3) is 0.143. The molecule has 1 heterocycles. The second-order valence-corrected chi connectivity index (χ2v) is 3.97. The van der Waals surface area contributed by atoms with Gasteiger partial charge in [0.2, 0.25) is 17.7 Å². The van der Waals surface area contributed by atoms with Crippen molar-refractivity contribution in [2.24, 2.45) is 5.73 Å². The van der Waals surface area contributed by atoms with E-state index in [-0.39, 0.29) is 0 Å². The van der Waals surface area contributed by atoms with Crippen molar-refractivity contribution in [1.29, 1.82) is 0 Å². The van der Waals surface area contributed by atoms with Gasteiger partial charge in [0.25, 0.3) is 0 Å². The molecule has 0 unspecified atom stereocenters. The van der Waals surface area contributed by atoms with Crippen LogP contribution < -0.4 is 20.9 Å². The molecule has 1 aromatic carbocycles. The van der Waals surface area contributed by atoms with Crippen LogP contribution in [0, 0.1) is 0 Å². The Morgan fingerprint density at radius 3 is 2.80 bits per heavy atom. The minimum atomic E-state index is -0.518. The minimum Gasteiger partial charge on any atom is -0.476 e. The predicted molar refractivity (Wildman–Crippen MR) is 74.9 cm³/mol. The van der Waals surface area contributed by atoms with Crippen LogP contribution in [-0.4, -0.2) is 17.5 Å². The van der Waals surface area contributed by atoms with Crippen molar-refractivity contribution < 1.29 is 14.3 Å². The van der Waals surface area contributed by atoms with Gasteiger partial charge in [0, 0.05) is 11.6 Å². The van der Waals surface area contributed by atoms with Gasteiger partial charge in [0.15, 0.2) is 0 Å². The van der Waals surface area contributed by atoms with E-state index < -0.39 is 5.91 Å². The van der Waals surface area contributed by atoms with Crippen LogP contribution in [0.1, 0.15) is 17.3 Å². The average molecular weight is 273 g/mol. The van der Waals surface area contributed by atoms with Crippen LogP contribution in [0.5, 0.6) is 17.5 Å². The molecule has 0 saturated heterocycles. The monoisotopic (exact) mass is 273 g/mol. The first-order valence-electron chi connectivity index (χ1n) is 6.07. The van der Waals surface area contributed by atoms with E-state index in [4.69, 9.17) is 20.9 Å². The molecule has 1 amide bonds. The predicted octanol–water partition coefficient (Wildman–Crippen LogP) is 1.95. The lowest BCUT2D eigenvalue weighted by Gasteiger charge is -2.09. The molecule has 0 bridgehead atoms. The molecule has 2 aromatic rings. The summed E-state index contributed by atoms with van der Waals surface area (Å²) in [4.78, 5) is 15.3. The first-order valence-corrected chi connectivity index (χ1v) is 6.07. The maximum absolute atomic E-state index is 11.1. The lowest BCUT2D eigenvalue weighted by Crippen LogP contribution is -2.10. The number of anilines is 1. The maximum Gasteiger partial charge on any atom is 0.248 e. The normalized spacial score (nSPS) is 10.1. The largest absolute Gasteiger partial charge is 0.476 e. The Hall–Kier alpha value is -2.76. The second kappa shape index (κ2) is 5.92. The summed E-state index contributed by atoms with van der Waals surface area (Å²) in [6.45, 7) is 2.29. The highest BCUT2D eigenvalue weighted by atomic mass is 16.5. The number of pyridine rings is 1. The van der Waals surface area contributed by atoms with Crippen molar-refractivity contribution in [3.05, 3.63) is 42.0 Å². The van der Waals surface area contributed by atoms with Gasteiger partial charge >= 0.3 is 0 Å². The summed E-state index contributed by atoms with van der Waals surface area (Å²) in [6, 6.07) is 9.79. The van der Waals surface area contributed by atoms with Crippen molar-refractivity contribution >= 4 is 11.6 Å². The summed E-state index contributed by atoms with van der Waals surface area (Å²) < 4.78 is 10.8. The van der Waals surface area contributed by atoms with Gasteiger partial charge in [-0.15, -0.1) is 0 Å². The molecule has 0 aliphatic carbocycles. The Morgan fingerprint density at radius 1 is 1.30 bits per heavy atom. The van der Waals surface area contributed by atoms with Crippen LogP contribution in [0.15, 0.2) is 36.4 Å². The Balaban J connectivity index is 2.23. The van der Waals surface area contributed by atoms with Crippen LogP contribution in [0.25, 0.3) is 0 Å². The van der Waals surface area contributed by atoms with Crippen molar-refractivity contribution in [2.45, 2.75) is 6.92 Å². The van der Waals surface area contributed by atoms with Crippen molar-refractivity contribution in [3.63, 3.8) is 0 Å². The van der Waals surface area contributed by atoms with Gasteiger partial charge in [-0.05, 0) is 31.2 Å². The molecule has 0 radical (unpaired) electrons. The van der Waals surface area contributed by atoms with Crippen LogP contribution >= 0.6 is 0 Å². The van der Waals surface area contributed by atoms with Gasteiger partial charge in [0.1, 0.15) is 5.75 Å². The highest BCUT2D eigenvalue weighted by Gasteiger charge is 2.07. The SMILES string of the molecule is CCOc1nc(Oc2cccc(C(N)=O)c2)ccc1N. The Labute approximate surface area is 116 Å². The third-order valence-electron chi connectivity index (χ3n) is 2.49. The zero-order valence-corrected chi connectivity index (χ0v) is 11.0. The van der Waals surface area contributed by atoms with E-state index in [2.05, 4.69) is 4.98 Å². The molecule has 0 atom stereocenters. The number of hydrogen-bond donors (Lipinski definition) is 2. The van der Waals surface area contributed by atoms with Gasteiger partial charge in [-0.3, -0.25) is 4.79 Å². The minimum absolute atomic E-state index is 0.316. The molecule has 0 aliphatic heterocycles. The Bertz CT molecular complexity index is 629. The quantitative estimate of drug-likeness (QED) is 0.867. The summed E-state index contributed by atoms with van der Waals surface area (Å²) in [6.07, 6.45) is 0. The maximum atomic E-state index is 11.1. The van der Waals surface area contributed by atoms with E-state index in [0.29, 0.717) is 35.4 Å². The highest BCUT2D eigenvalue weighted by Crippen LogP contribution is 2.26. The number of nitrogens with zero attached hydrogens (tertiary/aromatic N) is 1. The summed E-state index contributed by atoms with van der Waals surface area (Å²) in [5, 5.41) is 0. The fourth-order valence-electron chi connectivity index (χ4n) is 1.58. The van der Waals surface area contributed by atoms with Gasteiger partial charge < -0.3 is 20.9 Å². The van der Waals surface area contributed by atoms with E-state index in [1.807, 2.05) is 6.92 Å². The topological polar surface area (TPSA) is 100 Å². The summed E-state index contributed by atoms with van der Waals surface area (Å²) in [5.41, 5.74) is 11.7. The van der Waals surface area contributed by atoms with E-state index >= 15 is 0 Å². The molecular weight excluding hydrogens is 258 g/mol. The lowest BCUT2D eigenvalue weighted by molar-refractivity contribution is 0.1000. The number of primary amides is 1. The number of amides is 1. The highest BCUT2D eigenvalue weighted by molar-refractivity contribution is 5.93. The number of nitrogens with two attached hydrogens (primary N) is 2. The first-order chi connectivity index (χ1) is 9.60. The van der Waals surface area contributed by atoms with Crippen molar-refractivity contribution in [1.82, 2.24) is 4.98 Å². The van der Waals surface area contributed by atoms with Gasteiger partial charge in [0.05, 0.1) is 12.3 Å². The van der Waals surface area contributed by atoms with Crippen LogP contribution in [-0.2, 0) is 0 Å². The standard InChI is InChI=1S/C14H15N3O3/c1-2-19-14-11(15)6-7-12(17-14)20-10-5-3-4-9(8-10)13(16)18/h3-8H,2,15H2,1H3,(H2,16,18). The molecule has 0 spiro atoms. The summed E-state index contributed by atoms with van der Waals surface area (Å²) in [7, 11) is 0. The zero-order valence-electron chi connectivity index (χ0n) is 11.0. The molecule has 1 aromatic heterocycles. The molecule has 6 heteroatoms. The molecule has 20 heavy (non-hydrogen) atoms. The van der Waals surface area contributed by atoms with Gasteiger partial charge in [-0.25, -0.2) is 0 Å². The van der Waals surface area contributed by atoms with Crippen molar-refractivity contribution in [2.75, 3.05) is 12.3 Å². The number of carbonyl (C=O) groups is 1. The Morgan fingerprint density at radius 2 is 2.10 bits per heavy atom. The molecular formula is C14H15N3O3. The molecule has 0 saturated carbocycles. The van der Waals surface area contributed by atoms with E-state index in [1.54, 1.807) is 36.4 Å². The van der Waals surface area contributed by atoms with E-state index in [1.165, 1.54) is 0 Å². The van der Waals surface area contributed by atoms with Crippen molar-refractivity contribution in [3.8, 4) is 17.5 Å². The number of ether oxygens (including phenoxy) is 2.